The van der Waals surface area contributed by atoms with Crippen molar-refractivity contribution in [2.24, 2.45) is 0 Å². The summed E-state index contributed by atoms with van der Waals surface area (Å²) in [6.07, 6.45) is -4.67. The molecule has 3 aromatic rings. The Hall–Kier alpha value is -3.72. The van der Waals surface area contributed by atoms with Gasteiger partial charge in [-0.05, 0) is 52.9 Å². The average Bonchev–Trinajstić information content (AvgIpc) is 3.10. The highest BCUT2D eigenvalue weighted by atomic mass is 19.4. The molecule has 1 amide bonds. The molecule has 33 heavy (non-hydrogen) atoms. The number of ether oxygens (including phenoxy) is 1. The topological polar surface area (TPSA) is 38.3 Å². The average molecular weight is 449 g/mol. The molecule has 3 aromatic carbocycles. The molecule has 6 heteroatoms. The van der Waals surface area contributed by atoms with E-state index in [2.05, 4.69) is 29.3 Å². The minimum absolute atomic E-state index is 0.0212. The van der Waals surface area contributed by atoms with E-state index in [0.29, 0.717) is 17.5 Å². The van der Waals surface area contributed by atoms with Crippen LogP contribution in [0.4, 0.5) is 18.0 Å². The Balaban J connectivity index is 1.29. The lowest BCUT2D eigenvalue weighted by Gasteiger charge is -2.14. The number of hydrogen-bond donors (Lipinski definition) is 1. The first-order valence-electron chi connectivity index (χ1n) is 10.6. The van der Waals surface area contributed by atoms with Crippen molar-refractivity contribution in [1.29, 1.82) is 0 Å². The lowest BCUT2D eigenvalue weighted by Crippen LogP contribution is -2.26. The summed E-state index contributed by atoms with van der Waals surface area (Å²) < 4.78 is 44.2. The smallest absolute Gasteiger partial charge is 0.416 e. The van der Waals surface area contributed by atoms with Crippen molar-refractivity contribution < 1.29 is 22.7 Å². The van der Waals surface area contributed by atoms with E-state index in [1.807, 2.05) is 36.4 Å². The summed E-state index contributed by atoms with van der Waals surface area (Å²) in [6, 6.07) is 19.9. The minimum atomic E-state index is -4.41. The van der Waals surface area contributed by atoms with E-state index in [1.54, 1.807) is 13.0 Å². The number of aryl methyl sites for hydroxylation is 1. The van der Waals surface area contributed by atoms with Crippen molar-refractivity contribution in [2.75, 3.05) is 13.2 Å². The van der Waals surface area contributed by atoms with Crippen LogP contribution in [0.3, 0.4) is 0 Å². The fraction of sp³-hybridized carbons (Fsp3) is 0.222. The summed E-state index contributed by atoms with van der Waals surface area (Å²) in [5, 5.41) is 2.64. The fourth-order valence-corrected chi connectivity index (χ4v) is 4.06. The van der Waals surface area contributed by atoms with Gasteiger partial charge in [0.15, 0.2) is 0 Å². The molecule has 168 valence electrons. The molecule has 0 aliphatic heterocycles. The Morgan fingerprint density at radius 1 is 1.00 bits per heavy atom. The standard InChI is InChI=1S/C27H22F3NO2/c1-18-14-19(16-20(15-18)27(28,29)30)8-6-7-13-31-26(32)33-17-25-23-11-4-2-9-21(23)22-10-3-5-12-24(22)25/h2-5,9-12,14-16,25H,7,13,17H2,1H3,(H,31,32). The van der Waals surface area contributed by atoms with Crippen LogP contribution in [-0.4, -0.2) is 19.2 Å². The summed E-state index contributed by atoms with van der Waals surface area (Å²) in [4.78, 5) is 12.2. The molecule has 1 N–H and O–H groups in total. The first-order chi connectivity index (χ1) is 15.8. The zero-order valence-corrected chi connectivity index (χ0v) is 18.0. The molecule has 0 spiro atoms. The van der Waals surface area contributed by atoms with Gasteiger partial charge in [-0.1, -0.05) is 60.4 Å². The SMILES string of the molecule is Cc1cc(C#CCCNC(=O)OCC2c3ccccc3-c3ccccc32)cc(C(F)(F)F)c1. The molecule has 0 atom stereocenters. The van der Waals surface area contributed by atoms with Gasteiger partial charge in [-0.2, -0.15) is 13.2 Å². The summed E-state index contributed by atoms with van der Waals surface area (Å²) in [7, 11) is 0. The summed E-state index contributed by atoms with van der Waals surface area (Å²) in [6.45, 7) is 2.05. The van der Waals surface area contributed by atoms with E-state index >= 15 is 0 Å². The van der Waals surface area contributed by atoms with Crippen LogP contribution >= 0.6 is 0 Å². The largest absolute Gasteiger partial charge is 0.449 e. The number of nitrogens with one attached hydrogen (secondary N) is 1. The number of rotatable bonds is 4. The second kappa shape index (κ2) is 9.41. The number of carbonyl (C=O) groups is 1. The van der Waals surface area contributed by atoms with E-state index in [1.165, 1.54) is 0 Å². The number of amides is 1. The molecule has 0 heterocycles. The predicted molar refractivity (Wildman–Crippen MR) is 121 cm³/mol. The quantitative estimate of drug-likeness (QED) is 0.375. The van der Waals surface area contributed by atoms with Crippen LogP contribution in [0.2, 0.25) is 0 Å². The third kappa shape index (κ3) is 5.20. The van der Waals surface area contributed by atoms with Crippen LogP contribution in [-0.2, 0) is 10.9 Å². The van der Waals surface area contributed by atoms with Crippen molar-refractivity contribution in [3.8, 4) is 23.0 Å². The minimum Gasteiger partial charge on any atom is -0.449 e. The van der Waals surface area contributed by atoms with Crippen molar-refractivity contribution in [3.05, 3.63) is 94.5 Å². The van der Waals surface area contributed by atoms with Gasteiger partial charge in [0.25, 0.3) is 0 Å². The number of alkyl halides is 3. The highest BCUT2D eigenvalue weighted by Gasteiger charge is 2.31. The monoisotopic (exact) mass is 449 g/mol. The Labute approximate surface area is 190 Å². The number of halogens is 3. The Morgan fingerprint density at radius 3 is 2.27 bits per heavy atom. The van der Waals surface area contributed by atoms with Crippen molar-refractivity contribution >= 4 is 6.09 Å². The van der Waals surface area contributed by atoms with Crippen LogP contribution in [0.5, 0.6) is 0 Å². The van der Waals surface area contributed by atoms with Crippen molar-refractivity contribution in [2.45, 2.75) is 25.4 Å². The molecular formula is C27H22F3NO2. The Morgan fingerprint density at radius 2 is 1.64 bits per heavy atom. The van der Waals surface area contributed by atoms with E-state index in [4.69, 9.17) is 4.74 Å². The van der Waals surface area contributed by atoms with Gasteiger partial charge in [-0.15, -0.1) is 0 Å². The zero-order valence-electron chi connectivity index (χ0n) is 18.0. The van der Waals surface area contributed by atoms with Crippen LogP contribution in [0.15, 0.2) is 66.7 Å². The zero-order chi connectivity index (χ0) is 23.4. The first kappa shape index (κ1) is 22.5. The number of alkyl carbamates (subject to hydrolysis) is 1. The van der Waals surface area contributed by atoms with Gasteiger partial charge in [0, 0.05) is 24.4 Å². The lowest BCUT2D eigenvalue weighted by molar-refractivity contribution is -0.137. The molecular weight excluding hydrogens is 427 g/mol. The summed E-state index contributed by atoms with van der Waals surface area (Å²) >= 11 is 0. The summed E-state index contributed by atoms with van der Waals surface area (Å²) in [5.74, 6) is 5.51. The third-order valence-corrected chi connectivity index (χ3v) is 5.50. The Bertz CT molecular complexity index is 1190. The van der Waals surface area contributed by atoms with Gasteiger partial charge in [-0.25, -0.2) is 4.79 Å². The second-order valence-corrected chi connectivity index (χ2v) is 7.89. The number of carbonyl (C=O) groups excluding carboxylic acids is 1. The van der Waals surface area contributed by atoms with Crippen LogP contribution < -0.4 is 5.32 Å². The maximum absolute atomic E-state index is 12.9. The van der Waals surface area contributed by atoms with E-state index < -0.39 is 17.8 Å². The van der Waals surface area contributed by atoms with E-state index in [-0.39, 0.29) is 19.1 Å². The lowest BCUT2D eigenvalue weighted by atomic mass is 9.98. The molecule has 0 bridgehead atoms. The molecule has 1 aliphatic rings. The molecule has 3 nitrogen and oxygen atoms in total. The van der Waals surface area contributed by atoms with Gasteiger partial charge in [0.1, 0.15) is 6.61 Å². The normalized spacial score (nSPS) is 12.4. The number of fused-ring (bicyclic) bond motifs is 3. The van der Waals surface area contributed by atoms with Gasteiger partial charge in [-0.3, -0.25) is 0 Å². The number of benzene rings is 3. The molecule has 1 aliphatic carbocycles. The molecule has 0 radical (unpaired) electrons. The van der Waals surface area contributed by atoms with Gasteiger partial charge in [0.05, 0.1) is 5.56 Å². The van der Waals surface area contributed by atoms with Crippen LogP contribution in [0, 0.1) is 18.8 Å². The molecule has 0 saturated heterocycles. The van der Waals surface area contributed by atoms with Crippen molar-refractivity contribution in [3.63, 3.8) is 0 Å². The van der Waals surface area contributed by atoms with Crippen molar-refractivity contribution in [1.82, 2.24) is 5.32 Å². The first-order valence-corrected chi connectivity index (χ1v) is 10.6. The molecule has 0 unspecified atom stereocenters. The molecule has 0 fully saturated rings. The molecule has 0 aromatic heterocycles. The van der Waals surface area contributed by atoms with E-state index in [9.17, 15) is 18.0 Å². The summed E-state index contributed by atoms with van der Waals surface area (Å²) in [5.41, 5.74) is 4.64. The van der Waals surface area contributed by atoms with Gasteiger partial charge < -0.3 is 10.1 Å². The van der Waals surface area contributed by atoms with Gasteiger partial charge >= 0.3 is 12.3 Å². The Kier molecular flexibility index (Phi) is 6.41. The maximum Gasteiger partial charge on any atom is 0.416 e. The predicted octanol–water partition coefficient (Wildman–Crippen LogP) is 6.29. The highest BCUT2D eigenvalue weighted by molar-refractivity contribution is 5.79. The third-order valence-electron chi connectivity index (χ3n) is 5.50. The molecule has 4 rings (SSSR count). The molecule has 0 saturated carbocycles. The second-order valence-electron chi connectivity index (χ2n) is 7.89. The van der Waals surface area contributed by atoms with Gasteiger partial charge in [0.2, 0.25) is 0 Å². The maximum atomic E-state index is 12.9. The van der Waals surface area contributed by atoms with E-state index in [0.717, 1.165) is 34.4 Å². The van der Waals surface area contributed by atoms with Crippen LogP contribution in [0.1, 0.15) is 40.2 Å². The number of hydrogen-bond acceptors (Lipinski definition) is 2. The fourth-order valence-electron chi connectivity index (χ4n) is 4.06. The van der Waals surface area contributed by atoms with Crippen LogP contribution in [0.25, 0.3) is 11.1 Å². The highest BCUT2D eigenvalue weighted by Crippen LogP contribution is 2.44.